The van der Waals surface area contributed by atoms with Crippen LogP contribution in [0, 0.1) is 0 Å². The first-order chi connectivity index (χ1) is 13.5. The minimum Gasteiger partial charge on any atom is -0.333 e. The summed E-state index contributed by atoms with van der Waals surface area (Å²) < 4.78 is 0. The van der Waals surface area contributed by atoms with Gasteiger partial charge in [-0.05, 0) is 38.8 Å². The second kappa shape index (κ2) is 7.42. The highest BCUT2D eigenvalue weighted by atomic mass is 16.2. The Labute approximate surface area is 169 Å². The van der Waals surface area contributed by atoms with Crippen molar-refractivity contribution in [2.75, 3.05) is 7.05 Å². The van der Waals surface area contributed by atoms with Gasteiger partial charge < -0.3 is 10.2 Å². The molecule has 1 N–H and O–H groups in total. The molecule has 1 saturated carbocycles. The molecule has 29 heavy (non-hydrogen) atoms. The number of carbonyl (C=O) groups excluding carboxylic acids is 5. The Kier molecular flexibility index (Phi) is 5.30. The van der Waals surface area contributed by atoms with E-state index in [2.05, 4.69) is 5.32 Å². The molecule has 1 heterocycles. The second-order valence-electron chi connectivity index (χ2n) is 8.59. The SMILES string of the molecule is CN(Cc1cccc2c1C(=O)N(C1CCC(=O)CC1=O)C2=O)C(=O)NC(C)(C)C. The maximum absolute atomic E-state index is 13.1. The van der Waals surface area contributed by atoms with Crippen molar-refractivity contribution in [1.82, 2.24) is 15.1 Å². The molecule has 1 aliphatic heterocycles. The number of nitrogens with zero attached hydrogens (tertiary/aromatic N) is 2. The van der Waals surface area contributed by atoms with Crippen LogP contribution in [0.1, 0.15) is 66.3 Å². The van der Waals surface area contributed by atoms with Crippen LogP contribution in [0.25, 0.3) is 0 Å². The van der Waals surface area contributed by atoms with E-state index >= 15 is 0 Å². The van der Waals surface area contributed by atoms with E-state index < -0.39 is 29.2 Å². The van der Waals surface area contributed by atoms with Crippen LogP contribution in [0.5, 0.6) is 0 Å². The number of hydrogen-bond acceptors (Lipinski definition) is 5. The van der Waals surface area contributed by atoms with Gasteiger partial charge in [0.25, 0.3) is 11.8 Å². The molecule has 1 aromatic carbocycles. The Bertz CT molecular complexity index is 915. The van der Waals surface area contributed by atoms with Gasteiger partial charge >= 0.3 is 6.03 Å². The number of amides is 4. The number of ketones is 2. The van der Waals surface area contributed by atoms with Gasteiger partial charge in [-0.3, -0.25) is 24.1 Å². The van der Waals surface area contributed by atoms with Crippen LogP contribution in [-0.2, 0) is 16.1 Å². The summed E-state index contributed by atoms with van der Waals surface area (Å²) in [6.45, 7) is 5.73. The Balaban J connectivity index is 1.86. The van der Waals surface area contributed by atoms with Crippen LogP contribution in [0.3, 0.4) is 0 Å². The van der Waals surface area contributed by atoms with Crippen molar-refractivity contribution >= 4 is 29.4 Å². The Morgan fingerprint density at radius 1 is 1.17 bits per heavy atom. The number of carbonyl (C=O) groups is 5. The van der Waals surface area contributed by atoms with Gasteiger partial charge in [-0.25, -0.2) is 4.79 Å². The van der Waals surface area contributed by atoms with Crippen LogP contribution >= 0.6 is 0 Å². The van der Waals surface area contributed by atoms with Crippen molar-refractivity contribution in [3.05, 3.63) is 34.9 Å². The molecule has 0 bridgehead atoms. The quantitative estimate of drug-likeness (QED) is 0.618. The zero-order valence-corrected chi connectivity index (χ0v) is 17.1. The van der Waals surface area contributed by atoms with Crippen molar-refractivity contribution in [2.45, 2.75) is 58.2 Å². The Morgan fingerprint density at radius 2 is 1.86 bits per heavy atom. The Morgan fingerprint density at radius 3 is 2.48 bits per heavy atom. The van der Waals surface area contributed by atoms with E-state index in [9.17, 15) is 24.0 Å². The molecule has 3 rings (SSSR count). The molecule has 8 heteroatoms. The number of imide groups is 1. The topological polar surface area (TPSA) is 104 Å². The number of fused-ring (bicyclic) bond motifs is 1. The molecule has 0 saturated heterocycles. The summed E-state index contributed by atoms with van der Waals surface area (Å²) in [5, 5.41) is 2.85. The van der Waals surface area contributed by atoms with E-state index in [4.69, 9.17) is 0 Å². The van der Waals surface area contributed by atoms with Crippen LogP contribution in [-0.4, -0.2) is 57.8 Å². The van der Waals surface area contributed by atoms with Crippen LogP contribution < -0.4 is 5.32 Å². The highest BCUT2D eigenvalue weighted by molar-refractivity contribution is 6.24. The smallest absolute Gasteiger partial charge is 0.317 e. The zero-order chi connectivity index (χ0) is 21.5. The summed E-state index contributed by atoms with van der Waals surface area (Å²) in [6, 6.07) is 3.69. The standard InChI is InChI=1S/C21H25N3O5/c1-21(2,3)22-20(29)23(4)11-12-6-5-7-14-17(12)19(28)24(18(14)27)15-9-8-13(25)10-16(15)26/h5-7,15H,8-11H2,1-4H3,(H,22,29). The fraction of sp³-hybridized carbons (Fsp3) is 0.476. The minimum absolute atomic E-state index is 0.134. The highest BCUT2D eigenvalue weighted by Gasteiger charge is 2.45. The molecule has 2 aliphatic rings. The third kappa shape index (κ3) is 4.06. The first-order valence-electron chi connectivity index (χ1n) is 9.57. The number of benzene rings is 1. The Hall–Kier alpha value is -3.03. The molecule has 8 nitrogen and oxygen atoms in total. The third-order valence-corrected chi connectivity index (χ3v) is 5.02. The van der Waals surface area contributed by atoms with E-state index in [0.717, 1.165) is 4.90 Å². The summed E-state index contributed by atoms with van der Waals surface area (Å²) in [7, 11) is 1.61. The summed E-state index contributed by atoms with van der Waals surface area (Å²) in [6.07, 6.45) is 0.0827. The van der Waals surface area contributed by atoms with Gasteiger partial charge in [0.1, 0.15) is 5.78 Å². The molecular formula is C21H25N3O5. The molecule has 1 aromatic rings. The van der Waals surface area contributed by atoms with Crippen molar-refractivity contribution in [3.8, 4) is 0 Å². The molecule has 0 aromatic heterocycles. The monoisotopic (exact) mass is 399 g/mol. The predicted octanol–water partition coefficient (Wildman–Crippen LogP) is 1.91. The molecule has 0 radical (unpaired) electrons. The third-order valence-electron chi connectivity index (χ3n) is 5.02. The van der Waals surface area contributed by atoms with Crippen molar-refractivity contribution in [3.63, 3.8) is 0 Å². The molecule has 1 fully saturated rings. The largest absolute Gasteiger partial charge is 0.333 e. The van der Waals surface area contributed by atoms with Gasteiger partial charge in [0.05, 0.1) is 23.6 Å². The van der Waals surface area contributed by atoms with Gasteiger partial charge in [0.2, 0.25) is 0 Å². The van der Waals surface area contributed by atoms with E-state index in [-0.39, 0.29) is 48.7 Å². The van der Waals surface area contributed by atoms with Gasteiger partial charge in [-0.2, -0.15) is 0 Å². The normalized spacial score (nSPS) is 19.4. The van der Waals surface area contributed by atoms with E-state index in [1.807, 2.05) is 20.8 Å². The molecule has 1 unspecified atom stereocenters. The van der Waals surface area contributed by atoms with E-state index in [0.29, 0.717) is 5.56 Å². The van der Waals surface area contributed by atoms with Crippen LogP contribution in [0.4, 0.5) is 4.79 Å². The van der Waals surface area contributed by atoms with Crippen LogP contribution in [0.15, 0.2) is 18.2 Å². The van der Waals surface area contributed by atoms with E-state index in [1.165, 1.54) is 4.90 Å². The summed E-state index contributed by atoms with van der Waals surface area (Å²) in [4.78, 5) is 64.5. The number of hydrogen-bond donors (Lipinski definition) is 1. The van der Waals surface area contributed by atoms with Crippen molar-refractivity contribution in [2.24, 2.45) is 0 Å². The lowest BCUT2D eigenvalue weighted by molar-refractivity contribution is -0.132. The second-order valence-corrected chi connectivity index (χ2v) is 8.59. The van der Waals surface area contributed by atoms with Crippen molar-refractivity contribution < 1.29 is 24.0 Å². The molecule has 4 amide bonds. The lowest BCUT2D eigenvalue weighted by Gasteiger charge is -2.28. The first-order valence-corrected chi connectivity index (χ1v) is 9.57. The number of Topliss-reactive ketones (excluding diaryl/α,β-unsaturated/α-hetero) is 2. The zero-order valence-electron chi connectivity index (χ0n) is 17.1. The molecular weight excluding hydrogens is 374 g/mol. The fourth-order valence-corrected chi connectivity index (χ4v) is 3.66. The van der Waals surface area contributed by atoms with Crippen LogP contribution in [0.2, 0.25) is 0 Å². The summed E-state index contributed by atoms with van der Waals surface area (Å²) in [5.41, 5.74) is 0.569. The van der Waals surface area contributed by atoms with Gasteiger partial charge in [-0.1, -0.05) is 12.1 Å². The van der Waals surface area contributed by atoms with Gasteiger partial charge in [0, 0.05) is 25.6 Å². The first kappa shape index (κ1) is 20.7. The minimum atomic E-state index is -0.908. The molecule has 1 aliphatic carbocycles. The highest BCUT2D eigenvalue weighted by Crippen LogP contribution is 2.31. The molecule has 0 spiro atoms. The van der Waals surface area contributed by atoms with Gasteiger partial charge in [0.15, 0.2) is 5.78 Å². The predicted molar refractivity (Wildman–Crippen MR) is 104 cm³/mol. The lowest BCUT2D eigenvalue weighted by Crippen LogP contribution is -2.48. The van der Waals surface area contributed by atoms with Crippen molar-refractivity contribution in [1.29, 1.82) is 0 Å². The molecule has 1 atom stereocenters. The number of urea groups is 1. The maximum atomic E-state index is 13.1. The summed E-state index contributed by atoms with van der Waals surface area (Å²) >= 11 is 0. The average molecular weight is 399 g/mol. The summed E-state index contributed by atoms with van der Waals surface area (Å²) in [5.74, 6) is -1.65. The fourth-order valence-electron chi connectivity index (χ4n) is 3.66. The maximum Gasteiger partial charge on any atom is 0.317 e. The van der Waals surface area contributed by atoms with Gasteiger partial charge in [-0.15, -0.1) is 0 Å². The number of rotatable bonds is 3. The van der Waals surface area contributed by atoms with E-state index in [1.54, 1.807) is 25.2 Å². The average Bonchev–Trinajstić information content (AvgIpc) is 2.86. The molecule has 154 valence electrons. The number of nitrogens with one attached hydrogen (secondary N) is 1. The lowest BCUT2D eigenvalue weighted by atomic mass is 9.92.